The molecule has 1 aromatic heterocycles. The van der Waals surface area contributed by atoms with E-state index in [0.29, 0.717) is 50.9 Å². The van der Waals surface area contributed by atoms with Crippen LogP contribution >= 0.6 is 0 Å². The van der Waals surface area contributed by atoms with Gasteiger partial charge in [0.05, 0.1) is 25.9 Å². The summed E-state index contributed by atoms with van der Waals surface area (Å²) in [4.78, 5) is 12.7. The summed E-state index contributed by atoms with van der Waals surface area (Å²) in [5, 5.41) is 11.6. The first-order chi connectivity index (χ1) is 17.4. The summed E-state index contributed by atoms with van der Waals surface area (Å²) in [6.07, 6.45) is 5.54. The molecule has 0 bridgehead atoms. The number of halogens is 1. The number of pyridine rings is 1. The highest BCUT2D eigenvalue weighted by Gasteiger charge is 2.30. The number of nitrogens with zero attached hydrogens (tertiary/aromatic N) is 3. The highest BCUT2D eigenvalue weighted by molar-refractivity contribution is 5.62. The fourth-order valence-corrected chi connectivity index (χ4v) is 5.13. The SMILES string of the molecule is CCC(F)(CC)CN1CCC(COc2ccc(-c3ccc(CON4CC(O)CC4C)cc3)cn2)CC1. The summed E-state index contributed by atoms with van der Waals surface area (Å²) in [5.41, 5.74) is 2.17. The predicted molar refractivity (Wildman–Crippen MR) is 140 cm³/mol. The van der Waals surface area contributed by atoms with Crippen molar-refractivity contribution in [1.82, 2.24) is 14.9 Å². The number of alkyl halides is 1. The second-order valence-corrected chi connectivity index (χ2v) is 10.6. The Hall–Kier alpha value is -2.06. The van der Waals surface area contributed by atoms with Crippen molar-refractivity contribution < 1.29 is 19.1 Å². The van der Waals surface area contributed by atoms with Crippen LogP contribution in [-0.2, 0) is 11.4 Å². The van der Waals surface area contributed by atoms with Gasteiger partial charge in [-0.05, 0) is 75.2 Å². The second kappa shape index (κ2) is 12.5. The largest absolute Gasteiger partial charge is 0.477 e. The van der Waals surface area contributed by atoms with E-state index in [4.69, 9.17) is 9.57 Å². The van der Waals surface area contributed by atoms with Gasteiger partial charge < -0.3 is 14.7 Å². The van der Waals surface area contributed by atoms with Crippen LogP contribution in [-0.4, -0.2) is 70.7 Å². The zero-order valence-corrected chi connectivity index (χ0v) is 22.0. The summed E-state index contributed by atoms with van der Waals surface area (Å²) >= 11 is 0. The van der Waals surface area contributed by atoms with Crippen LogP contribution in [0.15, 0.2) is 42.6 Å². The normalized spacial score (nSPS) is 22.2. The number of piperidine rings is 1. The molecule has 1 aromatic carbocycles. The molecule has 4 rings (SSSR count). The number of aliphatic hydroxyl groups is 1. The summed E-state index contributed by atoms with van der Waals surface area (Å²) < 4.78 is 20.7. The van der Waals surface area contributed by atoms with E-state index in [1.807, 2.05) is 37.2 Å². The Labute approximate surface area is 215 Å². The molecule has 3 heterocycles. The van der Waals surface area contributed by atoms with Crippen LogP contribution in [0.5, 0.6) is 5.88 Å². The fourth-order valence-electron chi connectivity index (χ4n) is 5.13. The minimum absolute atomic E-state index is 0.238. The lowest BCUT2D eigenvalue weighted by Gasteiger charge is -2.36. The number of aromatic nitrogens is 1. The molecular weight excluding hydrogens is 457 g/mol. The molecule has 2 aliphatic heterocycles. The summed E-state index contributed by atoms with van der Waals surface area (Å²) in [5.74, 6) is 1.13. The van der Waals surface area contributed by atoms with Crippen LogP contribution < -0.4 is 4.74 Å². The van der Waals surface area contributed by atoms with Crippen LogP contribution in [0.25, 0.3) is 11.1 Å². The van der Waals surface area contributed by atoms with E-state index >= 15 is 0 Å². The van der Waals surface area contributed by atoms with E-state index in [0.717, 1.165) is 49.0 Å². The number of hydrogen-bond acceptors (Lipinski definition) is 6. The van der Waals surface area contributed by atoms with E-state index in [-0.39, 0.29) is 12.1 Å². The quantitative estimate of drug-likeness (QED) is 0.456. The third-order valence-electron chi connectivity index (χ3n) is 7.86. The molecule has 2 aromatic rings. The van der Waals surface area contributed by atoms with Crippen molar-refractivity contribution >= 4 is 0 Å². The van der Waals surface area contributed by atoms with E-state index in [2.05, 4.69) is 41.1 Å². The molecule has 0 spiro atoms. The summed E-state index contributed by atoms with van der Waals surface area (Å²) in [6, 6.07) is 12.5. The lowest BCUT2D eigenvalue weighted by molar-refractivity contribution is -0.178. The number of likely N-dealkylation sites (tertiary alicyclic amines) is 1. The van der Waals surface area contributed by atoms with E-state index in [1.165, 1.54) is 0 Å². The molecule has 198 valence electrons. The van der Waals surface area contributed by atoms with Crippen LogP contribution in [0.1, 0.15) is 58.4 Å². The molecule has 2 aliphatic rings. The highest BCUT2D eigenvalue weighted by atomic mass is 19.1. The van der Waals surface area contributed by atoms with Crippen molar-refractivity contribution in [2.75, 3.05) is 32.8 Å². The van der Waals surface area contributed by atoms with Crippen LogP contribution in [0.2, 0.25) is 0 Å². The number of rotatable bonds is 11. The third-order valence-corrected chi connectivity index (χ3v) is 7.86. The molecule has 1 N–H and O–H groups in total. The van der Waals surface area contributed by atoms with Gasteiger partial charge in [-0.25, -0.2) is 9.37 Å². The van der Waals surface area contributed by atoms with Crippen LogP contribution in [0, 0.1) is 5.92 Å². The van der Waals surface area contributed by atoms with Gasteiger partial charge in [0.15, 0.2) is 0 Å². The van der Waals surface area contributed by atoms with Crippen LogP contribution in [0.3, 0.4) is 0 Å². The van der Waals surface area contributed by atoms with Crippen molar-refractivity contribution in [2.24, 2.45) is 5.92 Å². The van der Waals surface area contributed by atoms with Gasteiger partial charge >= 0.3 is 0 Å². The van der Waals surface area contributed by atoms with Crippen molar-refractivity contribution in [3.05, 3.63) is 48.2 Å². The van der Waals surface area contributed by atoms with E-state index < -0.39 is 5.67 Å². The Morgan fingerprint density at radius 1 is 1.06 bits per heavy atom. The average Bonchev–Trinajstić information content (AvgIpc) is 3.24. The maximum Gasteiger partial charge on any atom is 0.213 e. The second-order valence-electron chi connectivity index (χ2n) is 10.6. The van der Waals surface area contributed by atoms with Gasteiger partial charge in [0.2, 0.25) is 5.88 Å². The van der Waals surface area contributed by atoms with Gasteiger partial charge in [0.25, 0.3) is 0 Å². The van der Waals surface area contributed by atoms with Crippen molar-refractivity contribution in [3.8, 4) is 17.0 Å². The molecule has 2 fully saturated rings. The number of benzene rings is 1. The van der Waals surface area contributed by atoms with Gasteiger partial charge in [-0.1, -0.05) is 38.1 Å². The van der Waals surface area contributed by atoms with Crippen molar-refractivity contribution in [1.29, 1.82) is 0 Å². The number of β-amino-alcohol motifs (C(OH)–C–C–N with tert-alkyl or cyclic N) is 1. The van der Waals surface area contributed by atoms with Crippen LogP contribution in [0.4, 0.5) is 4.39 Å². The molecule has 2 atom stereocenters. The summed E-state index contributed by atoms with van der Waals surface area (Å²) in [6.45, 7) is 10.1. The highest BCUT2D eigenvalue weighted by Crippen LogP contribution is 2.27. The monoisotopic (exact) mass is 499 g/mol. The Morgan fingerprint density at radius 3 is 2.33 bits per heavy atom. The first-order valence-electron chi connectivity index (χ1n) is 13.5. The minimum atomic E-state index is -1.06. The number of ether oxygens (including phenoxy) is 1. The minimum Gasteiger partial charge on any atom is -0.477 e. The van der Waals surface area contributed by atoms with Crippen molar-refractivity contribution in [3.63, 3.8) is 0 Å². The van der Waals surface area contributed by atoms with Gasteiger partial charge in [-0.2, -0.15) is 5.06 Å². The Morgan fingerprint density at radius 2 is 1.75 bits per heavy atom. The Balaban J connectivity index is 1.20. The smallest absolute Gasteiger partial charge is 0.213 e. The molecule has 7 heteroatoms. The first-order valence-corrected chi connectivity index (χ1v) is 13.5. The van der Waals surface area contributed by atoms with Gasteiger partial charge in [0, 0.05) is 30.4 Å². The van der Waals surface area contributed by atoms with E-state index in [1.54, 1.807) is 0 Å². The first kappa shape index (κ1) is 27.0. The Kier molecular flexibility index (Phi) is 9.34. The molecule has 0 aliphatic carbocycles. The molecule has 6 nitrogen and oxygen atoms in total. The molecule has 36 heavy (non-hydrogen) atoms. The lowest BCUT2D eigenvalue weighted by atomic mass is 9.94. The Bertz CT molecular complexity index is 928. The lowest BCUT2D eigenvalue weighted by Crippen LogP contribution is -2.44. The standard InChI is InChI=1S/C29H42FN3O3/c1-4-29(30,5-2)21-32-14-12-24(13-15-32)19-35-28-11-10-26(17-31-28)25-8-6-23(7-9-25)20-36-33-18-27(34)16-22(33)3/h6-11,17,22,24,27,34H,4-5,12-16,18-21H2,1-3H3. The van der Waals surface area contributed by atoms with E-state index in [9.17, 15) is 9.50 Å². The maximum atomic E-state index is 14.7. The number of hydrogen-bond donors (Lipinski definition) is 1. The third kappa shape index (κ3) is 7.25. The van der Waals surface area contributed by atoms with Gasteiger partial charge in [-0.15, -0.1) is 0 Å². The zero-order valence-electron chi connectivity index (χ0n) is 22.0. The average molecular weight is 500 g/mol. The number of aliphatic hydroxyl groups excluding tert-OH is 1. The van der Waals surface area contributed by atoms with Gasteiger partial charge in [-0.3, -0.25) is 4.84 Å². The fraction of sp³-hybridized carbons (Fsp3) is 0.621. The predicted octanol–water partition coefficient (Wildman–Crippen LogP) is 5.25. The molecular formula is C29H42FN3O3. The molecule has 0 saturated carbocycles. The zero-order chi connectivity index (χ0) is 25.5. The molecule has 0 amide bonds. The molecule has 0 radical (unpaired) electrons. The molecule has 2 saturated heterocycles. The molecule has 2 unspecified atom stereocenters. The topological polar surface area (TPSA) is 58.1 Å². The van der Waals surface area contributed by atoms with Gasteiger partial charge in [0.1, 0.15) is 5.67 Å². The summed E-state index contributed by atoms with van der Waals surface area (Å²) in [7, 11) is 0. The van der Waals surface area contributed by atoms with Crippen molar-refractivity contribution in [2.45, 2.75) is 77.3 Å². The number of hydroxylamine groups is 2. The maximum absolute atomic E-state index is 14.7.